The molecule has 0 aromatic rings. The predicted octanol–water partition coefficient (Wildman–Crippen LogP) is 8.63. The first-order valence-corrected chi connectivity index (χ1v) is 20.8. The Kier molecular flexibility index (Phi) is 7.76. The van der Waals surface area contributed by atoms with Gasteiger partial charge < -0.3 is 15.3 Å². The molecule has 0 spiro atoms. The van der Waals surface area contributed by atoms with Crippen LogP contribution in [0.4, 0.5) is 0 Å². The lowest BCUT2D eigenvalue weighted by molar-refractivity contribution is -0.248. The maximum Gasteiger partial charge on any atom is 0.226 e. The molecule has 48 heavy (non-hydrogen) atoms. The van der Waals surface area contributed by atoms with Crippen molar-refractivity contribution in [1.29, 1.82) is 0 Å². The number of aliphatic hydroxyl groups is 1. The van der Waals surface area contributed by atoms with E-state index in [-0.39, 0.29) is 51.1 Å². The van der Waals surface area contributed by atoms with Crippen LogP contribution in [0.1, 0.15) is 152 Å². The number of carbonyl (C=O) groups excluding carboxylic acids is 2. The van der Waals surface area contributed by atoms with Crippen molar-refractivity contribution in [3.63, 3.8) is 0 Å². The van der Waals surface area contributed by atoms with Gasteiger partial charge in [0.25, 0.3) is 0 Å². The van der Waals surface area contributed by atoms with Crippen LogP contribution in [0.15, 0.2) is 0 Å². The normalized spacial score (nSPS) is 51.3. The van der Waals surface area contributed by atoms with E-state index in [2.05, 4.69) is 65.6 Å². The van der Waals surface area contributed by atoms with Crippen LogP contribution in [0.25, 0.3) is 0 Å². The summed E-state index contributed by atoms with van der Waals surface area (Å²) in [4.78, 5) is 30.5. The number of rotatable bonds is 4. The van der Waals surface area contributed by atoms with E-state index >= 15 is 0 Å². The van der Waals surface area contributed by atoms with Crippen LogP contribution in [0.3, 0.4) is 0 Å². The van der Waals surface area contributed by atoms with Crippen LogP contribution in [-0.2, 0) is 9.59 Å². The third kappa shape index (κ3) is 4.55. The van der Waals surface area contributed by atoms with Crippen LogP contribution in [0.5, 0.6) is 0 Å². The number of amides is 2. The molecule has 0 aromatic heterocycles. The number of aliphatic hydroxyl groups excluding tert-OH is 1. The van der Waals surface area contributed by atoms with Crippen LogP contribution in [-0.4, -0.2) is 47.1 Å². The van der Waals surface area contributed by atoms with Gasteiger partial charge in [0.1, 0.15) is 0 Å². The van der Waals surface area contributed by atoms with Crippen LogP contribution >= 0.6 is 0 Å². The molecule has 8 fully saturated rings. The molecular formula is C43H70N2O3. The van der Waals surface area contributed by atoms with Gasteiger partial charge in [0.2, 0.25) is 11.8 Å². The molecule has 5 heteroatoms. The number of nitrogens with zero attached hydrogens (tertiary/aromatic N) is 1. The fourth-order valence-electron chi connectivity index (χ4n) is 15.5. The molecule has 0 aromatic carbocycles. The van der Waals surface area contributed by atoms with E-state index in [1.54, 1.807) is 0 Å². The summed E-state index contributed by atoms with van der Waals surface area (Å²) in [6.45, 7) is 21.6. The largest absolute Gasteiger partial charge is 0.393 e. The maximum atomic E-state index is 14.8. The summed E-state index contributed by atoms with van der Waals surface area (Å²) in [6, 6.07) is 0.0887. The van der Waals surface area contributed by atoms with Gasteiger partial charge in [-0.15, -0.1) is 0 Å². The molecule has 1 heterocycles. The zero-order valence-electron chi connectivity index (χ0n) is 32.0. The standard InChI is InChI=1S/C43H70N2O3/c1-38(2)30(37(48)45-22-10-9-11-23-45)24-33(38)44-36(47)27-25-43(8)29(35-26(27)12-13-28(35)40(5)20-21-40)14-15-32-41(6)18-17-34(46)39(3,4)31(41)16-19-42(32,43)7/h26-35,46H,9-25H2,1-8H3,(H,44,47)/t26?,27-,28+,29+,30+,31-,32+,33+,34-,35?,41-,42+,43+/m0/s1. The minimum Gasteiger partial charge on any atom is -0.393 e. The Hall–Kier alpha value is -1.10. The number of carbonyl (C=O) groups is 2. The molecule has 0 radical (unpaired) electrons. The first kappa shape index (κ1) is 34.0. The van der Waals surface area contributed by atoms with Gasteiger partial charge in [0.05, 0.1) is 6.10 Å². The topological polar surface area (TPSA) is 69.6 Å². The quantitative estimate of drug-likeness (QED) is 0.317. The number of likely N-dealkylation sites (tertiary alicyclic amines) is 1. The van der Waals surface area contributed by atoms with E-state index in [0.29, 0.717) is 46.8 Å². The molecule has 13 atom stereocenters. The maximum absolute atomic E-state index is 14.8. The minimum atomic E-state index is -0.197. The van der Waals surface area contributed by atoms with Gasteiger partial charge in [-0.3, -0.25) is 9.59 Å². The van der Waals surface area contributed by atoms with Crippen LogP contribution in [0, 0.1) is 79.8 Å². The van der Waals surface area contributed by atoms with Crippen molar-refractivity contribution in [2.45, 2.75) is 164 Å². The Morgan fingerprint density at radius 3 is 2.06 bits per heavy atom. The minimum absolute atomic E-state index is 0.0276. The molecule has 8 rings (SSSR count). The van der Waals surface area contributed by atoms with E-state index in [1.807, 2.05) is 0 Å². The highest BCUT2D eigenvalue weighted by Crippen LogP contribution is 2.78. The van der Waals surface area contributed by atoms with Crippen molar-refractivity contribution in [2.24, 2.45) is 79.8 Å². The highest BCUT2D eigenvalue weighted by Gasteiger charge is 2.72. The Balaban J connectivity index is 1.08. The molecule has 7 saturated carbocycles. The molecule has 2 unspecified atom stereocenters. The van der Waals surface area contributed by atoms with Gasteiger partial charge in [-0.25, -0.2) is 0 Å². The first-order valence-electron chi connectivity index (χ1n) is 20.8. The van der Waals surface area contributed by atoms with E-state index < -0.39 is 0 Å². The summed E-state index contributed by atoms with van der Waals surface area (Å²) >= 11 is 0. The van der Waals surface area contributed by atoms with E-state index in [4.69, 9.17) is 0 Å². The van der Waals surface area contributed by atoms with Crippen molar-refractivity contribution in [2.75, 3.05) is 13.1 Å². The molecule has 270 valence electrons. The Morgan fingerprint density at radius 2 is 1.40 bits per heavy atom. The van der Waals surface area contributed by atoms with E-state index in [9.17, 15) is 14.7 Å². The summed E-state index contributed by atoms with van der Waals surface area (Å²) in [7, 11) is 0. The van der Waals surface area contributed by atoms with E-state index in [0.717, 1.165) is 57.5 Å². The summed E-state index contributed by atoms with van der Waals surface area (Å²) in [5.74, 6) is 4.64. The lowest BCUT2D eigenvalue weighted by atomic mass is 9.32. The SMILES string of the molecule is CC1([C@@H]2CCC3C2[C@H]2CC[C@@H]4[C@@]5(C)CC[C@H](O)C(C)(C)[C@@H]5CC[C@@]4(C)[C@]2(C)C[C@@H]3C(=O)N[C@@H]2C[C@H](C(=O)N3CCCCC3)C2(C)C)CC1. The number of fused-ring (bicyclic) bond motifs is 7. The average Bonchev–Trinajstić information content (AvgIpc) is 3.63. The number of hydrogen-bond donors (Lipinski definition) is 2. The van der Waals surface area contributed by atoms with Gasteiger partial charge in [-0.1, -0.05) is 55.4 Å². The second-order valence-corrected chi connectivity index (χ2v) is 21.5. The molecule has 2 amide bonds. The highest BCUT2D eigenvalue weighted by atomic mass is 16.3. The second-order valence-electron chi connectivity index (χ2n) is 21.5. The van der Waals surface area contributed by atoms with Gasteiger partial charge >= 0.3 is 0 Å². The van der Waals surface area contributed by atoms with Crippen molar-refractivity contribution in [3.8, 4) is 0 Å². The predicted molar refractivity (Wildman–Crippen MR) is 192 cm³/mol. The van der Waals surface area contributed by atoms with Crippen molar-refractivity contribution in [1.82, 2.24) is 10.2 Å². The summed E-state index contributed by atoms with van der Waals surface area (Å²) in [5, 5.41) is 14.9. The van der Waals surface area contributed by atoms with E-state index in [1.165, 1.54) is 57.8 Å². The summed E-state index contributed by atoms with van der Waals surface area (Å²) < 4.78 is 0. The third-order valence-corrected chi connectivity index (χ3v) is 19.1. The van der Waals surface area contributed by atoms with Crippen molar-refractivity contribution < 1.29 is 14.7 Å². The Bertz CT molecular complexity index is 1310. The zero-order chi connectivity index (χ0) is 34.2. The first-order chi connectivity index (χ1) is 22.5. The molecule has 2 N–H and O–H groups in total. The van der Waals surface area contributed by atoms with Crippen LogP contribution in [0.2, 0.25) is 0 Å². The van der Waals surface area contributed by atoms with Gasteiger partial charge in [-0.05, 0) is 164 Å². The third-order valence-electron chi connectivity index (χ3n) is 19.1. The van der Waals surface area contributed by atoms with Gasteiger partial charge in [0.15, 0.2) is 0 Å². The molecule has 0 bridgehead atoms. The Morgan fingerprint density at radius 1 is 0.708 bits per heavy atom. The molecule has 7 aliphatic carbocycles. The summed E-state index contributed by atoms with van der Waals surface area (Å²) in [5.41, 5.74) is 0.860. The van der Waals surface area contributed by atoms with Crippen molar-refractivity contribution in [3.05, 3.63) is 0 Å². The summed E-state index contributed by atoms with van der Waals surface area (Å²) in [6.07, 6.45) is 17.6. The fraction of sp³-hybridized carbons (Fsp3) is 0.953. The molecule has 1 saturated heterocycles. The number of hydrogen-bond acceptors (Lipinski definition) is 3. The lowest BCUT2D eigenvalue weighted by Crippen LogP contribution is -2.68. The second kappa shape index (κ2) is 11.0. The highest BCUT2D eigenvalue weighted by molar-refractivity contribution is 5.83. The molecule has 5 nitrogen and oxygen atoms in total. The average molecular weight is 663 g/mol. The zero-order valence-corrected chi connectivity index (χ0v) is 32.0. The number of piperidine rings is 1. The lowest BCUT2D eigenvalue weighted by Gasteiger charge is -2.72. The monoisotopic (exact) mass is 663 g/mol. The van der Waals surface area contributed by atoms with Gasteiger partial charge in [-0.2, -0.15) is 0 Å². The smallest absolute Gasteiger partial charge is 0.226 e. The fourth-order valence-corrected chi connectivity index (χ4v) is 15.5. The molecule has 1 aliphatic heterocycles. The van der Waals surface area contributed by atoms with Gasteiger partial charge in [0, 0.05) is 31.0 Å². The Labute approximate surface area is 292 Å². The van der Waals surface area contributed by atoms with Crippen LogP contribution < -0.4 is 5.32 Å². The van der Waals surface area contributed by atoms with Crippen molar-refractivity contribution >= 4 is 11.8 Å². The molecular weight excluding hydrogens is 592 g/mol. The molecule has 8 aliphatic rings. The number of nitrogens with one attached hydrogen (secondary N) is 1.